The average Bonchev–Trinajstić information content (AvgIpc) is 2.46. The summed E-state index contributed by atoms with van der Waals surface area (Å²) in [6.07, 6.45) is 0. The fraction of sp³-hybridized carbons (Fsp3) is 0.125. The number of rotatable bonds is 1. The van der Waals surface area contributed by atoms with Crippen molar-refractivity contribution >= 4 is 22.5 Å². The van der Waals surface area contributed by atoms with Gasteiger partial charge in [-0.2, -0.15) is 0 Å². The van der Waals surface area contributed by atoms with Gasteiger partial charge in [0.15, 0.2) is 5.82 Å². The summed E-state index contributed by atoms with van der Waals surface area (Å²) in [6.45, 7) is 3.30. The van der Waals surface area contributed by atoms with Crippen LogP contribution < -0.4 is 0 Å². The largest absolute Gasteiger partial charge is 0.228 e. The zero-order valence-corrected chi connectivity index (χ0v) is 12.2. The SMILES string of the molecule is Cc1ccc(-c2nc(Cl)c3ccc(F)c(C)c3n2)cc1F. The van der Waals surface area contributed by atoms with Crippen molar-refractivity contribution in [2.45, 2.75) is 13.8 Å². The van der Waals surface area contributed by atoms with Gasteiger partial charge in [-0.05, 0) is 37.6 Å². The van der Waals surface area contributed by atoms with Gasteiger partial charge >= 0.3 is 0 Å². The topological polar surface area (TPSA) is 25.8 Å². The number of fused-ring (bicyclic) bond motifs is 1. The Bertz CT molecular complexity index is 863. The minimum atomic E-state index is -0.363. The molecule has 3 aromatic rings. The van der Waals surface area contributed by atoms with E-state index in [0.717, 1.165) is 0 Å². The molecule has 0 amide bonds. The molecule has 0 spiro atoms. The monoisotopic (exact) mass is 304 g/mol. The molecule has 106 valence electrons. The van der Waals surface area contributed by atoms with Gasteiger partial charge in [-0.3, -0.25) is 0 Å². The van der Waals surface area contributed by atoms with Gasteiger partial charge in [0.1, 0.15) is 16.8 Å². The van der Waals surface area contributed by atoms with E-state index in [1.54, 1.807) is 32.0 Å². The molecule has 0 fully saturated rings. The third-order valence-electron chi connectivity index (χ3n) is 3.44. The molecule has 5 heteroatoms. The molecule has 3 rings (SSSR count). The Morgan fingerprint density at radius 1 is 0.952 bits per heavy atom. The van der Waals surface area contributed by atoms with Crippen molar-refractivity contribution < 1.29 is 8.78 Å². The van der Waals surface area contributed by atoms with Crippen LogP contribution in [0.15, 0.2) is 30.3 Å². The number of hydrogen-bond donors (Lipinski definition) is 0. The van der Waals surface area contributed by atoms with Gasteiger partial charge in [-0.15, -0.1) is 0 Å². The number of aromatic nitrogens is 2. The first-order chi connectivity index (χ1) is 9.97. The lowest BCUT2D eigenvalue weighted by Crippen LogP contribution is -1.96. The van der Waals surface area contributed by atoms with Crippen molar-refractivity contribution in [2.24, 2.45) is 0 Å². The second kappa shape index (κ2) is 5.04. The van der Waals surface area contributed by atoms with E-state index in [1.807, 2.05) is 0 Å². The van der Waals surface area contributed by atoms with Crippen molar-refractivity contribution in [1.29, 1.82) is 0 Å². The summed E-state index contributed by atoms with van der Waals surface area (Å²) in [7, 11) is 0. The predicted octanol–water partition coefficient (Wildman–Crippen LogP) is 4.85. The van der Waals surface area contributed by atoms with Crippen molar-refractivity contribution in [3.63, 3.8) is 0 Å². The van der Waals surface area contributed by atoms with Crippen molar-refractivity contribution in [1.82, 2.24) is 9.97 Å². The van der Waals surface area contributed by atoms with Crippen LogP contribution in [0.2, 0.25) is 5.15 Å². The first-order valence-corrected chi connectivity index (χ1v) is 6.74. The summed E-state index contributed by atoms with van der Waals surface area (Å²) in [5, 5.41) is 0.797. The number of aryl methyl sites for hydroxylation is 2. The van der Waals surface area contributed by atoms with E-state index in [9.17, 15) is 8.78 Å². The van der Waals surface area contributed by atoms with E-state index < -0.39 is 0 Å². The normalized spacial score (nSPS) is 11.1. The highest BCUT2D eigenvalue weighted by Gasteiger charge is 2.13. The summed E-state index contributed by atoms with van der Waals surface area (Å²) >= 11 is 6.14. The van der Waals surface area contributed by atoms with Crippen LogP contribution in [0.3, 0.4) is 0 Å². The fourth-order valence-electron chi connectivity index (χ4n) is 2.13. The molecule has 0 saturated heterocycles. The molecule has 2 nitrogen and oxygen atoms in total. The van der Waals surface area contributed by atoms with Crippen LogP contribution in [0.4, 0.5) is 8.78 Å². The van der Waals surface area contributed by atoms with Gasteiger partial charge in [-0.25, -0.2) is 18.7 Å². The van der Waals surface area contributed by atoms with E-state index in [2.05, 4.69) is 9.97 Å². The minimum Gasteiger partial charge on any atom is -0.228 e. The highest BCUT2D eigenvalue weighted by Crippen LogP contribution is 2.28. The molecule has 1 heterocycles. The van der Waals surface area contributed by atoms with Gasteiger partial charge < -0.3 is 0 Å². The number of hydrogen-bond acceptors (Lipinski definition) is 2. The highest BCUT2D eigenvalue weighted by atomic mass is 35.5. The van der Waals surface area contributed by atoms with E-state index in [0.29, 0.717) is 27.6 Å². The standard InChI is InChI=1S/C16H11ClF2N2/c1-8-3-4-10(7-13(8)19)16-20-14-9(2)12(18)6-5-11(14)15(17)21-16/h3-7H,1-2H3. The molecule has 0 unspecified atom stereocenters. The Labute approximate surface area is 125 Å². The van der Waals surface area contributed by atoms with Crippen LogP contribution in [0, 0.1) is 25.5 Å². The molecule has 0 atom stereocenters. The summed E-state index contributed by atoms with van der Waals surface area (Å²) in [5.74, 6) is -0.429. The Balaban J connectivity index is 2.28. The van der Waals surface area contributed by atoms with Crippen LogP contribution in [0.25, 0.3) is 22.3 Å². The number of nitrogens with zero attached hydrogens (tertiary/aromatic N) is 2. The van der Waals surface area contributed by atoms with Gasteiger partial charge in [0.05, 0.1) is 5.52 Å². The quantitative estimate of drug-likeness (QED) is 0.601. The third kappa shape index (κ3) is 2.36. The molecule has 2 aromatic carbocycles. The Morgan fingerprint density at radius 3 is 2.43 bits per heavy atom. The van der Waals surface area contributed by atoms with Gasteiger partial charge in [0, 0.05) is 16.5 Å². The van der Waals surface area contributed by atoms with Crippen molar-refractivity contribution in [3.05, 3.63) is 58.2 Å². The van der Waals surface area contributed by atoms with Crippen LogP contribution in [-0.4, -0.2) is 9.97 Å². The molecule has 1 aromatic heterocycles. The molecule has 21 heavy (non-hydrogen) atoms. The van der Waals surface area contributed by atoms with E-state index in [-0.39, 0.29) is 22.6 Å². The number of benzene rings is 2. The predicted molar refractivity (Wildman–Crippen MR) is 79.4 cm³/mol. The molecule has 0 radical (unpaired) electrons. The molecule has 0 aliphatic heterocycles. The average molecular weight is 305 g/mol. The first-order valence-electron chi connectivity index (χ1n) is 6.36. The maximum absolute atomic E-state index is 13.7. The minimum absolute atomic E-state index is 0.221. The lowest BCUT2D eigenvalue weighted by molar-refractivity contribution is 0.618. The third-order valence-corrected chi connectivity index (χ3v) is 3.73. The van der Waals surface area contributed by atoms with Crippen molar-refractivity contribution in [2.75, 3.05) is 0 Å². The maximum atomic E-state index is 13.7. The Hall–Kier alpha value is -2.07. The first kappa shape index (κ1) is 13.9. The zero-order valence-electron chi connectivity index (χ0n) is 11.4. The second-order valence-electron chi connectivity index (χ2n) is 4.87. The molecule has 0 saturated carbocycles. The Morgan fingerprint density at radius 2 is 1.71 bits per heavy atom. The lowest BCUT2D eigenvalue weighted by Gasteiger charge is -2.08. The smallest absolute Gasteiger partial charge is 0.161 e. The summed E-state index contributed by atoms with van der Waals surface area (Å²) in [5.41, 5.74) is 1.87. The highest BCUT2D eigenvalue weighted by molar-refractivity contribution is 6.34. The zero-order chi connectivity index (χ0) is 15.1. The molecular weight excluding hydrogens is 294 g/mol. The molecule has 0 aliphatic rings. The van der Waals surface area contributed by atoms with Gasteiger partial charge in [-0.1, -0.05) is 23.7 Å². The van der Waals surface area contributed by atoms with Crippen LogP contribution in [-0.2, 0) is 0 Å². The van der Waals surface area contributed by atoms with Gasteiger partial charge in [0.25, 0.3) is 0 Å². The summed E-state index contributed by atoms with van der Waals surface area (Å²) in [4.78, 5) is 8.51. The van der Waals surface area contributed by atoms with Crippen LogP contribution >= 0.6 is 11.6 Å². The molecule has 0 bridgehead atoms. The van der Waals surface area contributed by atoms with E-state index in [1.165, 1.54) is 12.1 Å². The molecule has 0 N–H and O–H groups in total. The van der Waals surface area contributed by atoms with Crippen LogP contribution in [0.1, 0.15) is 11.1 Å². The maximum Gasteiger partial charge on any atom is 0.161 e. The molecular formula is C16H11ClF2N2. The second-order valence-corrected chi connectivity index (χ2v) is 5.23. The lowest BCUT2D eigenvalue weighted by atomic mass is 10.1. The van der Waals surface area contributed by atoms with Gasteiger partial charge in [0.2, 0.25) is 0 Å². The molecule has 0 aliphatic carbocycles. The summed E-state index contributed by atoms with van der Waals surface area (Å²) in [6, 6.07) is 7.58. The van der Waals surface area contributed by atoms with E-state index >= 15 is 0 Å². The van der Waals surface area contributed by atoms with E-state index in [4.69, 9.17) is 11.6 Å². The Kier molecular flexibility index (Phi) is 3.33. The summed E-state index contributed by atoms with van der Waals surface area (Å²) < 4.78 is 27.3. The fourth-order valence-corrected chi connectivity index (χ4v) is 2.36. The number of halogens is 3. The van der Waals surface area contributed by atoms with Crippen LogP contribution in [0.5, 0.6) is 0 Å². The van der Waals surface area contributed by atoms with Crippen molar-refractivity contribution in [3.8, 4) is 11.4 Å².